The van der Waals surface area contributed by atoms with E-state index in [0.717, 1.165) is 55.0 Å². The second-order valence-electron chi connectivity index (χ2n) is 8.45. The van der Waals surface area contributed by atoms with Crippen LogP contribution in [0.15, 0.2) is 47.4 Å². The molecule has 0 aliphatic carbocycles. The van der Waals surface area contributed by atoms with Gasteiger partial charge in [0.05, 0.1) is 12.8 Å². The lowest BCUT2D eigenvalue weighted by Gasteiger charge is -2.15. The molecule has 3 aromatic heterocycles. The van der Waals surface area contributed by atoms with Crippen LogP contribution < -0.4 is 15.4 Å². The van der Waals surface area contributed by atoms with E-state index in [4.69, 9.17) is 14.7 Å². The number of nitrogens with one attached hydrogen (secondary N) is 2. The predicted molar refractivity (Wildman–Crippen MR) is 139 cm³/mol. The van der Waals surface area contributed by atoms with Gasteiger partial charge in [-0.2, -0.15) is 21.3 Å². The normalized spacial score (nSPS) is 13.5. The third kappa shape index (κ3) is 5.37. The topological polar surface area (TPSA) is 97.2 Å². The number of thiophene rings is 1. The van der Waals surface area contributed by atoms with Gasteiger partial charge in [-0.1, -0.05) is 12.1 Å². The van der Waals surface area contributed by atoms with E-state index in [1.165, 1.54) is 5.56 Å². The van der Waals surface area contributed by atoms with Crippen molar-refractivity contribution >= 4 is 40.2 Å². The number of imidazole rings is 1. The lowest BCUT2D eigenvalue weighted by Crippen LogP contribution is -2.27. The Morgan fingerprint density at radius 1 is 1.11 bits per heavy atom. The monoisotopic (exact) mass is 491 g/mol. The van der Waals surface area contributed by atoms with Crippen LogP contribution in [0.1, 0.15) is 24.8 Å². The molecule has 0 unspecified atom stereocenters. The zero-order valence-electron chi connectivity index (χ0n) is 19.7. The summed E-state index contributed by atoms with van der Waals surface area (Å²) in [6.45, 7) is 3.02. The van der Waals surface area contributed by atoms with E-state index < -0.39 is 0 Å². The molecule has 5 rings (SSSR count). The van der Waals surface area contributed by atoms with Gasteiger partial charge in [-0.3, -0.25) is 9.36 Å². The molecule has 182 valence electrons. The van der Waals surface area contributed by atoms with E-state index in [9.17, 15) is 4.79 Å². The van der Waals surface area contributed by atoms with E-state index >= 15 is 0 Å². The molecule has 1 aromatic carbocycles. The van der Waals surface area contributed by atoms with Gasteiger partial charge in [0.25, 0.3) is 0 Å². The summed E-state index contributed by atoms with van der Waals surface area (Å²) in [6, 6.07) is 10.1. The maximum absolute atomic E-state index is 11.8. The van der Waals surface area contributed by atoms with Crippen molar-refractivity contribution < 1.29 is 9.53 Å². The van der Waals surface area contributed by atoms with Crippen LogP contribution in [-0.2, 0) is 11.2 Å². The summed E-state index contributed by atoms with van der Waals surface area (Å²) < 4.78 is 7.23. The van der Waals surface area contributed by atoms with Crippen LogP contribution in [0.2, 0.25) is 0 Å². The third-order valence-corrected chi connectivity index (χ3v) is 6.78. The number of likely N-dealkylation sites (tertiary alicyclic amines) is 1. The molecule has 10 heteroatoms. The summed E-state index contributed by atoms with van der Waals surface area (Å²) in [6.07, 6.45) is 5.11. The summed E-state index contributed by atoms with van der Waals surface area (Å²) in [4.78, 5) is 27.9. The standard InChI is InChI=1S/C25H29N7O2S/c1-34-20-7-5-18(6-8-20)9-12-26-23-22-24(32(17-28-22)19-10-15-35-16-19)30-25(29-23)27-11-3-14-31-13-2-4-21(31)33/h5-8,10,15-17H,2-4,9,11-14H2,1H3,(H2,26,27,29,30). The molecule has 1 fully saturated rings. The molecule has 0 bridgehead atoms. The van der Waals surface area contributed by atoms with Crippen molar-refractivity contribution in [2.24, 2.45) is 0 Å². The summed E-state index contributed by atoms with van der Waals surface area (Å²) in [5.41, 5.74) is 3.72. The number of nitrogens with zero attached hydrogens (tertiary/aromatic N) is 5. The fourth-order valence-electron chi connectivity index (χ4n) is 4.21. The molecule has 0 radical (unpaired) electrons. The number of aromatic nitrogens is 4. The highest BCUT2D eigenvalue weighted by molar-refractivity contribution is 7.08. The first-order chi connectivity index (χ1) is 17.2. The molecule has 4 heterocycles. The molecule has 0 spiro atoms. The van der Waals surface area contributed by atoms with Crippen LogP contribution in [-0.4, -0.2) is 63.6 Å². The number of rotatable bonds is 11. The van der Waals surface area contributed by atoms with Crippen molar-refractivity contribution in [1.82, 2.24) is 24.4 Å². The first-order valence-electron chi connectivity index (χ1n) is 11.9. The zero-order valence-corrected chi connectivity index (χ0v) is 20.6. The van der Waals surface area contributed by atoms with Crippen LogP contribution in [0.4, 0.5) is 11.8 Å². The number of anilines is 2. The van der Waals surface area contributed by atoms with E-state index in [1.807, 2.05) is 33.0 Å². The van der Waals surface area contributed by atoms with Crippen molar-refractivity contribution in [2.45, 2.75) is 25.7 Å². The molecule has 0 saturated carbocycles. The Kier molecular flexibility index (Phi) is 7.08. The Balaban J connectivity index is 1.30. The van der Waals surface area contributed by atoms with Crippen LogP contribution in [0.25, 0.3) is 16.9 Å². The van der Waals surface area contributed by atoms with Gasteiger partial charge in [-0.25, -0.2) is 4.98 Å². The summed E-state index contributed by atoms with van der Waals surface area (Å²) in [5, 5.41) is 10.9. The van der Waals surface area contributed by atoms with E-state index in [2.05, 4.69) is 33.1 Å². The fraction of sp³-hybridized carbons (Fsp3) is 0.360. The highest BCUT2D eigenvalue weighted by atomic mass is 32.1. The Morgan fingerprint density at radius 2 is 2.00 bits per heavy atom. The average Bonchev–Trinajstić information content (AvgIpc) is 3.63. The number of carbonyl (C=O) groups is 1. The van der Waals surface area contributed by atoms with Gasteiger partial charge in [0.15, 0.2) is 17.0 Å². The maximum Gasteiger partial charge on any atom is 0.226 e. The van der Waals surface area contributed by atoms with Crippen molar-refractivity contribution in [3.05, 3.63) is 53.0 Å². The fourth-order valence-corrected chi connectivity index (χ4v) is 4.84. The van der Waals surface area contributed by atoms with Gasteiger partial charge in [0, 0.05) is 38.0 Å². The molecule has 1 saturated heterocycles. The van der Waals surface area contributed by atoms with Crippen LogP contribution in [0, 0.1) is 0 Å². The first-order valence-corrected chi connectivity index (χ1v) is 12.8. The molecule has 2 N–H and O–H groups in total. The van der Waals surface area contributed by atoms with E-state index in [0.29, 0.717) is 31.3 Å². The third-order valence-electron chi connectivity index (χ3n) is 6.10. The maximum atomic E-state index is 11.8. The number of methoxy groups -OCH3 is 1. The minimum absolute atomic E-state index is 0.255. The zero-order chi connectivity index (χ0) is 24.0. The molecule has 1 aliphatic heterocycles. The minimum atomic E-state index is 0.255. The highest BCUT2D eigenvalue weighted by Gasteiger charge is 2.19. The molecule has 0 atom stereocenters. The number of ether oxygens (including phenoxy) is 1. The Bertz CT molecular complexity index is 1270. The highest BCUT2D eigenvalue weighted by Crippen LogP contribution is 2.25. The lowest BCUT2D eigenvalue weighted by atomic mass is 10.1. The molecule has 9 nitrogen and oxygen atoms in total. The largest absolute Gasteiger partial charge is 0.497 e. The Labute approximate surface area is 208 Å². The second-order valence-corrected chi connectivity index (χ2v) is 9.23. The number of hydrogen-bond acceptors (Lipinski definition) is 8. The van der Waals surface area contributed by atoms with Gasteiger partial charge >= 0.3 is 0 Å². The predicted octanol–water partition coefficient (Wildman–Crippen LogP) is 3.96. The number of amides is 1. The molecule has 35 heavy (non-hydrogen) atoms. The summed E-state index contributed by atoms with van der Waals surface area (Å²) in [5.74, 6) is 2.36. The summed E-state index contributed by atoms with van der Waals surface area (Å²) >= 11 is 1.63. The van der Waals surface area contributed by atoms with Gasteiger partial charge in [-0.15, -0.1) is 0 Å². The lowest BCUT2D eigenvalue weighted by molar-refractivity contribution is -0.127. The number of hydrogen-bond donors (Lipinski definition) is 2. The number of carbonyl (C=O) groups excluding carboxylic acids is 1. The Hall–Kier alpha value is -3.66. The smallest absolute Gasteiger partial charge is 0.226 e. The second kappa shape index (κ2) is 10.7. The molecule has 4 aromatic rings. The van der Waals surface area contributed by atoms with Gasteiger partial charge in [0.2, 0.25) is 11.9 Å². The first kappa shape index (κ1) is 23.1. The number of benzene rings is 1. The molecular weight excluding hydrogens is 462 g/mol. The van der Waals surface area contributed by atoms with E-state index in [1.54, 1.807) is 24.8 Å². The van der Waals surface area contributed by atoms with Crippen molar-refractivity contribution in [2.75, 3.05) is 43.9 Å². The van der Waals surface area contributed by atoms with Crippen LogP contribution >= 0.6 is 11.3 Å². The van der Waals surface area contributed by atoms with Crippen LogP contribution in [0.5, 0.6) is 5.75 Å². The van der Waals surface area contributed by atoms with Gasteiger partial charge < -0.3 is 20.3 Å². The minimum Gasteiger partial charge on any atom is -0.497 e. The van der Waals surface area contributed by atoms with Crippen LogP contribution in [0.3, 0.4) is 0 Å². The van der Waals surface area contributed by atoms with Crippen molar-refractivity contribution in [3.63, 3.8) is 0 Å². The average molecular weight is 492 g/mol. The molecule has 1 aliphatic rings. The number of fused-ring (bicyclic) bond motifs is 1. The summed E-state index contributed by atoms with van der Waals surface area (Å²) in [7, 11) is 1.67. The van der Waals surface area contributed by atoms with Crippen molar-refractivity contribution in [1.29, 1.82) is 0 Å². The molecular formula is C25H29N7O2S. The quantitative estimate of drug-likeness (QED) is 0.307. The SMILES string of the molecule is COc1ccc(CCNc2nc(NCCCN3CCCC3=O)nc3c2ncn3-c2ccsc2)cc1. The van der Waals surface area contributed by atoms with E-state index in [-0.39, 0.29) is 5.91 Å². The van der Waals surface area contributed by atoms with Gasteiger partial charge in [0.1, 0.15) is 12.1 Å². The molecule has 1 amide bonds. The van der Waals surface area contributed by atoms with Gasteiger partial charge in [-0.05, 0) is 48.4 Å². The Morgan fingerprint density at radius 3 is 2.74 bits per heavy atom. The van der Waals surface area contributed by atoms with Crippen molar-refractivity contribution in [3.8, 4) is 11.4 Å².